The highest BCUT2D eigenvalue weighted by Gasteiger charge is 2.37. The molecule has 6 nitrogen and oxygen atoms in total. The van der Waals surface area contributed by atoms with Crippen molar-refractivity contribution in [2.75, 3.05) is 13.2 Å². The number of halogens is 1. The summed E-state index contributed by atoms with van der Waals surface area (Å²) in [5.41, 5.74) is 1.58. The Kier molecular flexibility index (Phi) is 4.92. The Morgan fingerprint density at radius 3 is 2.57 bits per heavy atom. The van der Waals surface area contributed by atoms with E-state index in [1.54, 1.807) is 12.1 Å². The second-order valence-corrected chi connectivity index (χ2v) is 6.93. The van der Waals surface area contributed by atoms with Gasteiger partial charge in [0, 0.05) is 18.7 Å². The molecule has 1 N–H and O–H groups in total. The number of imide groups is 1. The molecule has 0 saturated carbocycles. The summed E-state index contributed by atoms with van der Waals surface area (Å²) in [5, 5.41) is 2.73. The summed E-state index contributed by atoms with van der Waals surface area (Å²) in [4.78, 5) is 38.8. The van der Waals surface area contributed by atoms with Crippen LogP contribution >= 0.6 is 0 Å². The van der Waals surface area contributed by atoms with Crippen molar-refractivity contribution in [1.29, 1.82) is 0 Å². The lowest BCUT2D eigenvalue weighted by atomic mass is 10.1. The number of amides is 3. The third-order valence-electron chi connectivity index (χ3n) is 5.01. The predicted molar refractivity (Wildman–Crippen MR) is 98.4 cm³/mol. The first-order valence-electron chi connectivity index (χ1n) is 9.17. The van der Waals surface area contributed by atoms with Gasteiger partial charge in [-0.15, -0.1) is 0 Å². The Morgan fingerprint density at radius 1 is 1.11 bits per heavy atom. The molecule has 2 heterocycles. The smallest absolute Gasteiger partial charge is 0.261 e. The molecule has 0 spiro atoms. The average Bonchev–Trinajstić information content (AvgIpc) is 3.30. The second-order valence-electron chi connectivity index (χ2n) is 6.93. The van der Waals surface area contributed by atoms with Crippen molar-refractivity contribution in [2.24, 2.45) is 0 Å². The molecule has 0 radical (unpaired) electrons. The van der Waals surface area contributed by atoms with Crippen molar-refractivity contribution < 1.29 is 23.5 Å². The number of carbonyl (C=O) groups excluding carboxylic acids is 3. The van der Waals surface area contributed by atoms with Gasteiger partial charge >= 0.3 is 0 Å². The maximum Gasteiger partial charge on any atom is 0.261 e. The highest BCUT2D eigenvalue weighted by atomic mass is 19.1. The molecule has 2 aromatic rings. The molecule has 144 valence electrons. The summed E-state index contributed by atoms with van der Waals surface area (Å²) in [6.45, 7) is 1.11. The predicted octanol–water partition coefficient (Wildman–Crippen LogP) is 2.53. The highest BCUT2D eigenvalue weighted by Crippen LogP contribution is 2.26. The van der Waals surface area contributed by atoms with Crippen LogP contribution in [0, 0.1) is 5.82 Å². The number of carbonyl (C=O) groups is 3. The molecular formula is C21H19FN2O4. The number of fused-ring (bicyclic) bond motifs is 1. The normalized spacial score (nSPS) is 18.5. The SMILES string of the molecule is O=C(NCc1ccc(F)cc1)c1ccc2c(c1)C(=O)N(C[C@H]1CCCO1)C2=O. The number of nitrogens with one attached hydrogen (secondary N) is 1. The minimum absolute atomic E-state index is 0.124. The summed E-state index contributed by atoms with van der Waals surface area (Å²) in [5.74, 6) is -1.47. The van der Waals surface area contributed by atoms with Crippen molar-refractivity contribution in [3.05, 3.63) is 70.5 Å². The number of rotatable bonds is 5. The van der Waals surface area contributed by atoms with Crippen LogP contribution in [-0.4, -0.2) is 41.9 Å². The van der Waals surface area contributed by atoms with Crippen molar-refractivity contribution >= 4 is 17.7 Å². The molecule has 0 aromatic heterocycles. The first-order valence-corrected chi connectivity index (χ1v) is 9.17. The molecular weight excluding hydrogens is 363 g/mol. The topological polar surface area (TPSA) is 75.7 Å². The van der Waals surface area contributed by atoms with E-state index in [1.807, 2.05) is 0 Å². The standard InChI is InChI=1S/C21H19FN2O4/c22-15-6-3-13(4-7-15)11-23-19(25)14-5-8-17-18(10-14)21(27)24(20(17)26)12-16-2-1-9-28-16/h3-8,10,16H,1-2,9,11-12H2,(H,23,25)/t16-/m1/s1. The minimum atomic E-state index is -0.399. The number of ether oxygens (including phenoxy) is 1. The van der Waals surface area contributed by atoms with Gasteiger partial charge in [0.05, 0.1) is 23.8 Å². The Balaban J connectivity index is 1.46. The molecule has 7 heteroatoms. The molecule has 1 saturated heterocycles. The van der Waals surface area contributed by atoms with Crippen LogP contribution < -0.4 is 5.32 Å². The lowest BCUT2D eigenvalue weighted by Crippen LogP contribution is -2.36. The van der Waals surface area contributed by atoms with Crippen molar-refractivity contribution in [2.45, 2.75) is 25.5 Å². The molecule has 2 aliphatic heterocycles. The van der Waals surface area contributed by atoms with Crippen LogP contribution in [0.5, 0.6) is 0 Å². The zero-order chi connectivity index (χ0) is 19.7. The number of benzene rings is 2. The molecule has 4 rings (SSSR count). The minimum Gasteiger partial charge on any atom is -0.376 e. The quantitative estimate of drug-likeness (QED) is 0.807. The fraction of sp³-hybridized carbons (Fsp3) is 0.286. The highest BCUT2D eigenvalue weighted by molar-refractivity contribution is 6.22. The zero-order valence-corrected chi connectivity index (χ0v) is 15.1. The van der Waals surface area contributed by atoms with Crippen molar-refractivity contribution in [1.82, 2.24) is 10.2 Å². The van der Waals surface area contributed by atoms with Gasteiger partial charge in [-0.1, -0.05) is 12.1 Å². The lowest BCUT2D eigenvalue weighted by molar-refractivity contribution is 0.0475. The number of hydrogen-bond acceptors (Lipinski definition) is 4. The molecule has 3 amide bonds. The molecule has 28 heavy (non-hydrogen) atoms. The lowest BCUT2D eigenvalue weighted by Gasteiger charge is -2.17. The van der Waals surface area contributed by atoms with E-state index in [-0.39, 0.29) is 42.4 Å². The first kappa shape index (κ1) is 18.3. The fourth-order valence-electron chi connectivity index (χ4n) is 3.48. The van der Waals surface area contributed by atoms with E-state index in [1.165, 1.54) is 35.2 Å². The largest absolute Gasteiger partial charge is 0.376 e. The Labute approximate surface area is 161 Å². The van der Waals surface area contributed by atoms with Gasteiger partial charge in [-0.25, -0.2) is 4.39 Å². The van der Waals surface area contributed by atoms with Gasteiger partial charge in [0.1, 0.15) is 5.82 Å². The van der Waals surface area contributed by atoms with E-state index >= 15 is 0 Å². The van der Waals surface area contributed by atoms with Gasteiger partial charge in [-0.05, 0) is 48.7 Å². The molecule has 1 atom stereocenters. The summed E-state index contributed by atoms with van der Waals surface area (Å²) >= 11 is 0. The molecule has 2 aliphatic rings. The molecule has 0 aliphatic carbocycles. The van der Waals surface area contributed by atoms with Crippen LogP contribution in [0.1, 0.15) is 49.5 Å². The summed E-state index contributed by atoms with van der Waals surface area (Å²) in [6.07, 6.45) is 1.62. The summed E-state index contributed by atoms with van der Waals surface area (Å²) < 4.78 is 18.5. The first-order chi connectivity index (χ1) is 13.5. The summed E-state index contributed by atoms with van der Waals surface area (Å²) in [7, 11) is 0. The second kappa shape index (κ2) is 7.52. The third kappa shape index (κ3) is 3.53. The van der Waals surface area contributed by atoms with Gasteiger partial charge in [-0.3, -0.25) is 19.3 Å². The van der Waals surface area contributed by atoms with E-state index in [0.29, 0.717) is 17.7 Å². The van der Waals surface area contributed by atoms with E-state index < -0.39 is 5.91 Å². The number of nitrogens with zero attached hydrogens (tertiary/aromatic N) is 1. The van der Waals surface area contributed by atoms with E-state index in [9.17, 15) is 18.8 Å². The van der Waals surface area contributed by atoms with Gasteiger partial charge < -0.3 is 10.1 Å². The number of hydrogen-bond donors (Lipinski definition) is 1. The average molecular weight is 382 g/mol. The van der Waals surface area contributed by atoms with E-state index in [4.69, 9.17) is 4.74 Å². The third-order valence-corrected chi connectivity index (χ3v) is 5.01. The van der Waals surface area contributed by atoms with Crippen LogP contribution in [0.2, 0.25) is 0 Å². The Bertz CT molecular complexity index is 936. The monoisotopic (exact) mass is 382 g/mol. The molecule has 0 bridgehead atoms. The van der Waals surface area contributed by atoms with Gasteiger partial charge in [0.2, 0.25) is 0 Å². The van der Waals surface area contributed by atoms with E-state index in [0.717, 1.165) is 18.4 Å². The Morgan fingerprint density at radius 2 is 1.86 bits per heavy atom. The van der Waals surface area contributed by atoms with Crippen LogP contribution in [0.15, 0.2) is 42.5 Å². The van der Waals surface area contributed by atoms with Gasteiger partial charge in [-0.2, -0.15) is 0 Å². The zero-order valence-electron chi connectivity index (χ0n) is 15.1. The van der Waals surface area contributed by atoms with Crippen LogP contribution in [0.4, 0.5) is 4.39 Å². The Hall–Kier alpha value is -3.06. The van der Waals surface area contributed by atoms with Crippen molar-refractivity contribution in [3.8, 4) is 0 Å². The fourth-order valence-corrected chi connectivity index (χ4v) is 3.48. The molecule has 2 aromatic carbocycles. The van der Waals surface area contributed by atoms with Gasteiger partial charge in [0.15, 0.2) is 0 Å². The molecule has 0 unspecified atom stereocenters. The van der Waals surface area contributed by atoms with Crippen LogP contribution in [0.25, 0.3) is 0 Å². The van der Waals surface area contributed by atoms with Crippen molar-refractivity contribution in [3.63, 3.8) is 0 Å². The molecule has 1 fully saturated rings. The van der Waals surface area contributed by atoms with Crippen LogP contribution in [0.3, 0.4) is 0 Å². The maximum atomic E-state index is 12.9. The maximum absolute atomic E-state index is 12.9. The van der Waals surface area contributed by atoms with Gasteiger partial charge in [0.25, 0.3) is 17.7 Å². The summed E-state index contributed by atoms with van der Waals surface area (Å²) in [6, 6.07) is 10.3. The van der Waals surface area contributed by atoms with Crippen LogP contribution in [-0.2, 0) is 11.3 Å². The van der Waals surface area contributed by atoms with E-state index in [2.05, 4.69) is 5.32 Å².